The van der Waals surface area contributed by atoms with Crippen LogP contribution < -0.4 is 0 Å². The van der Waals surface area contributed by atoms with E-state index in [2.05, 4.69) is 4.98 Å². The fourth-order valence-corrected chi connectivity index (χ4v) is 3.95. The molecule has 1 amide bonds. The average Bonchev–Trinajstić information content (AvgIpc) is 3.02. The first-order chi connectivity index (χ1) is 11.5. The lowest BCUT2D eigenvalue weighted by molar-refractivity contribution is 0.0653. The molecule has 1 fully saturated rings. The van der Waals surface area contributed by atoms with E-state index in [9.17, 15) is 9.59 Å². The lowest BCUT2D eigenvalue weighted by atomic mass is 9.89. The van der Waals surface area contributed by atoms with Crippen molar-refractivity contribution in [2.75, 3.05) is 13.1 Å². The number of carbonyl (C=O) groups is 2. The Balaban J connectivity index is 1.64. The first-order valence-corrected chi connectivity index (χ1v) is 9.29. The number of likely N-dealkylation sites (tertiary alicyclic amines) is 1. The van der Waals surface area contributed by atoms with Crippen LogP contribution in [0.5, 0.6) is 0 Å². The van der Waals surface area contributed by atoms with Gasteiger partial charge in [-0.25, -0.2) is 4.98 Å². The summed E-state index contributed by atoms with van der Waals surface area (Å²) in [6.07, 6.45) is 1.31. The number of nitrogens with zero attached hydrogens (tertiary/aromatic N) is 2. The van der Waals surface area contributed by atoms with Gasteiger partial charge in [-0.2, -0.15) is 0 Å². The smallest absolute Gasteiger partial charge is 0.265 e. The molecule has 1 saturated heterocycles. The van der Waals surface area contributed by atoms with E-state index in [0.29, 0.717) is 46.4 Å². The third-order valence-corrected chi connectivity index (χ3v) is 5.95. The van der Waals surface area contributed by atoms with Gasteiger partial charge >= 0.3 is 0 Å². The molecule has 1 aliphatic rings. The Morgan fingerprint density at radius 2 is 1.92 bits per heavy atom. The summed E-state index contributed by atoms with van der Waals surface area (Å²) in [6.45, 7) is 2.99. The Morgan fingerprint density at radius 1 is 1.21 bits per heavy atom. The third kappa shape index (κ3) is 3.48. The summed E-state index contributed by atoms with van der Waals surface area (Å²) < 4.78 is 0. The van der Waals surface area contributed by atoms with Gasteiger partial charge in [-0.05, 0) is 38.0 Å². The van der Waals surface area contributed by atoms with Crippen molar-refractivity contribution >= 4 is 46.2 Å². The largest absolute Gasteiger partial charge is 0.338 e. The highest BCUT2D eigenvalue weighted by Gasteiger charge is 2.29. The Kier molecular flexibility index (Phi) is 5.23. The van der Waals surface area contributed by atoms with Gasteiger partial charge in [0.25, 0.3) is 5.91 Å². The van der Waals surface area contributed by atoms with Crippen molar-refractivity contribution in [3.05, 3.63) is 49.9 Å². The molecule has 0 unspecified atom stereocenters. The zero-order chi connectivity index (χ0) is 17.3. The van der Waals surface area contributed by atoms with Crippen molar-refractivity contribution in [1.29, 1.82) is 0 Å². The van der Waals surface area contributed by atoms with E-state index in [-0.39, 0.29) is 17.6 Å². The van der Waals surface area contributed by atoms with E-state index in [1.165, 1.54) is 11.3 Å². The fraction of sp³-hybridized carbons (Fsp3) is 0.353. The van der Waals surface area contributed by atoms with Crippen molar-refractivity contribution in [1.82, 2.24) is 9.88 Å². The van der Waals surface area contributed by atoms with Crippen LogP contribution >= 0.6 is 34.5 Å². The summed E-state index contributed by atoms with van der Waals surface area (Å²) in [7, 11) is 0. The lowest BCUT2D eigenvalue weighted by Crippen LogP contribution is -2.40. The summed E-state index contributed by atoms with van der Waals surface area (Å²) in [5.41, 5.74) is 3.02. The second-order valence-electron chi connectivity index (χ2n) is 5.83. The van der Waals surface area contributed by atoms with Crippen molar-refractivity contribution < 1.29 is 9.59 Å². The van der Waals surface area contributed by atoms with Gasteiger partial charge in [-0.3, -0.25) is 9.59 Å². The number of ketones is 1. The van der Waals surface area contributed by atoms with Crippen LogP contribution in [0.15, 0.2) is 23.7 Å². The number of piperidine rings is 1. The molecule has 0 saturated carbocycles. The zero-order valence-corrected chi connectivity index (χ0v) is 15.4. The number of aryl methyl sites for hydroxylation is 1. The van der Waals surface area contributed by atoms with Crippen molar-refractivity contribution in [3.8, 4) is 0 Å². The maximum Gasteiger partial charge on any atom is 0.265 e. The molecule has 1 aromatic heterocycles. The number of carbonyl (C=O) groups excluding carboxylic acids is 2. The van der Waals surface area contributed by atoms with Crippen LogP contribution in [0.1, 0.15) is 38.6 Å². The lowest BCUT2D eigenvalue weighted by Gasteiger charge is -2.31. The van der Waals surface area contributed by atoms with E-state index in [0.717, 1.165) is 5.69 Å². The minimum Gasteiger partial charge on any atom is -0.338 e. The average molecular weight is 383 g/mol. The zero-order valence-electron chi connectivity index (χ0n) is 13.1. The Hall–Kier alpha value is -1.43. The number of benzene rings is 1. The monoisotopic (exact) mass is 382 g/mol. The Morgan fingerprint density at radius 3 is 2.50 bits per heavy atom. The van der Waals surface area contributed by atoms with Crippen LogP contribution in [0.2, 0.25) is 10.0 Å². The molecule has 3 rings (SSSR count). The van der Waals surface area contributed by atoms with Gasteiger partial charge in [0.05, 0.1) is 21.2 Å². The van der Waals surface area contributed by atoms with E-state index in [1.807, 2.05) is 6.92 Å². The highest BCUT2D eigenvalue weighted by Crippen LogP contribution is 2.28. The third-order valence-electron chi connectivity index (χ3n) is 4.30. The Bertz CT molecular complexity index is 783. The first kappa shape index (κ1) is 17.4. The van der Waals surface area contributed by atoms with Crippen LogP contribution in [-0.2, 0) is 0 Å². The van der Waals surface area contributed by atoms with Crippen LogP contribution in [-0.4, -0.2) is 34.7 Å². The van der Waals surface area contributed by atoms with Gasteiger partial charge in [0.15, 0.2) is 5.78 Å². The molecule has 2 heterocycles. The van der Waals surface area contributed by atoms with E-state index >= 15 is 0 Å². The highest BCUT2D eigenvalue weighted by molar-refractivity contribution is 7.11. The van der Waals surface area contributed by atoms with E-state index in [4.69, 9.17) is 23.2 Å². The SMILES string of the molecule is Cc1ncsc1C(=O)N1CCC(C(=O)c2ccc(Cl)c(Cl)c2)CC1. The number of thiazole rings is 1. The quantitative estimate of drug-likeness (QED) is 0.734. The number of rotatable bonds is 3. The predicted molar refractivity (Wildman–Crippen MR) is 96.3 cm³/mol. The van der Waals surface area contributed by atoms with E-state index in [1.54, 1.807) is 28.6 Å². The maximum absolute atomic E-state index is 12.6. The minimum absolute atomic E-state index is 0.00966. The van der Waals surface area contributed by atoms with Gasteiger partial charge in [0, 0.05) is 24.6 Å². The molecule has 7 heteroatoms. The number of halogens is 2. The molecule has 0 atom stereocenters. The summed E-state index contributed by atoms with van der Waals surface area (Å²) in [5.74, 6) is -0.0149. The Labute approximate surface area is 154 Å². The molecule has 126 valence electrons. The molecule has 24 heavy (non-hydrogen) atoms. The van der Waals surface area contributed by atoms with Crippen molar-refractivity contribution in [2.24, 2.45) is 5.92 Å². The molecule has 0 radical (unpaired) electrons. The van der Waals surface area contributed by atoms with Crippen LogP contribution in [0, 0.1) is 12.8 Å². The number of aromatic nitrogens is 1. The van der Waals surface area contributed by atoms with E-state index < -0.39 is 0 Å². The van der Waals surface area contributed by atoms with Crippen molar-refractivity contribution in [3.63, 3.8) is 0 Å². The second kappa shape index (κ2) is 7.21. The van der Waals surface area contributed by atoms with Crippen LogP contribution in [0.25, 0.3) is 0 Å². The van der Waals surface area contributed by atoms with Gasteiger partial charge in [0.1, 0.15) is 4.88 Å². The molecule has 2 aromatic rings. The maximum atomic E-state index is 12.6. The topological polar surface area (TPSA) is 50.3 Å². The molecule has 4 nitrogen and oxygen atoms in total. The molecular formula is C17H16Cl2N2O2S. The van der Waals surface area contributed by atoms with Crippen molar-refractivity contribution in [2.45, 2.75) is 19.8 Å². The number of hydrogen-bond acceptors (Lipinski definition) is 4. The summed E-state index contributed by atoms with van der Waals surface area (Å²) >= 11 is 13.2. The number of Topliss-reactive ketones (excluding diaryl/α,β-unsaturated/α-hetero) is 1. The summed E-state index contributed by atoms with van der Waals surface area (Å²) in [5, 5.41) is 0.823. The second-order valence-corrected chi connectivity index (χ2v) is 7.50. The predicted octanol–water partition coefficient (Wildman–Crippen LogP) is 4.49. The molecule has 0 spiro atoms. The number of hydrogen-bond donors (Lipinski definition) is 0. The van der Waals surface area contributed by atoms with Gasteiger partial charge < -0.3 is 4.90 Å². The molecule has 0 bridgehead atoms. The van der Waals surface area contributed by atoms with Crippen LogP contribution in [0.4, 0.5) is 0 Å². The standard InChI is InChI=1S/C17H16Cl2N2O2S/c1-10-16(24-9-20-10)17(23)21-6-4-11(5-7-21)15(22)12-2-3-13(18)14(19)8-12/h2-3,8-9,11H,4-7H2,1H3. The van der Waals surface area contributed by atoms with Crippen LogP contribution in [0.3, 0.4) is 0 Å². The van der Waals surface area contributed by atoms with Gasteiger partial charge in [-0.1, -0.05) is 23.2 Å². The summed E-state index contributed by atoms with van der Waals surface area (Å²) in [6, 6.07) is 4.96. The molecule has 1 aromatic carbocycles. The normalized spacial score (nSPS) is 15.5. The van der Waals surface area contributed by atoms with Gasteiger partial charge in [0.2, 0.25) is 0 Å². The summed E-state index contributed by atoms with van der Waals surface area (Å²) in [4.78, 5) is 31.7. The molecule has 0 N–H and O–H groups in total. The fourth-order valence-electron chi connectivity index (χ4n) is 2.88. The first-order valence-electron chi connectivity index (χ1n) is 7.66. The van der Waals surface area contributed by atoms with Gasteiger partial charge in [-0.15, -0.1) is 11.3 Å². The number of amides is 1. The molecule has 1 aliphatic heterocycles. The molecule has 0 aliphatic carbocycles. The minimum atomic E-state index is -0.0890. The molecular weight excluding hydrogens is 367 g/mol. The highest BCUT2D eigenvalue weighted by atomic mass is 35.5.